The number of carbonyl (C=O) groups is 1. The molecule has 0 spiro atoms. The lowest BCUT2D eigenvalue weighted by atomic mass is 9.77. The summed E-state index contributed by atoms with van der Waals surface area (Å²) in [5.74, 6) is -2.89. The van der Waals surface area contributed by atoms with E-state index in [1.54, 1.807) is 71.7 Å². The van der Waals surface area contributed by atoms with Gasteiger partial charge in [-0.05, 0) is 105 Å². The molecule has 1 aromatic carbocycles. The number of carbonyl (C=O) groups excluding carboxylic acids is 1. The van der Waals surface area contributed by atoms with Crippen LogP contribution >= 0.6 is 0 Å². The number of hydrogen-bond donors (Lipinski definition) is 5. The first-order chi connectivity index (χ1) is 35.3. The van der Waals surface area contributed by atoms with Crippen molar-refractivity contribution in [2.24, 2.45) is 17.8 Å². The van der Waals surface area contributed by atoms with Crippen LogP contribution in [-0.4, -0.2) is 210 Å². The third-order valence-corrected chi connectivity index (χ3v) is 16.4. The smallest absolute Gasteiger partial charge is 0.311 e. The van der Waals surface area contributed by atoms with Gasteiger partial charge in [-0.15, -0.1) is 10.2 Å². The number of aromatic nitrogens is 6. The van der Waals surface area contributed by atoms with E-state index in [0.717, 1.165) is 11.3 Å². The molecule has 1 unspecified atom stereocenters. The number of methoxy groups -OCH3 is 2. The molecule has 3 saturated heterocycles. The van der Waals surface area contributed by atoms with Gasteiger partial charge in [0.15, 0.2) is 12.6 Å². The van der Waals surface area contributed by atoms with E-state index in [-0.39, 0.29) is 25.2 Å². The van der Waals surface area contributed by atoms with Crippen LogP contribution in [0.25, 0.3) is 5.69 Å². The zero-order valence-electron chi connectivity index (χ0n) is 46.5. The number of rotatable bonds is 16. The predicted molar refractivity (Wildman–Crippen MR) is 273 cm³/mol. The second kappa shape index (κ2) is 25.4. The second-order valence-electron chi connectivity index (χ2n) is 22.4. The Hall–Kier alpha value is -3.62. The van der Waals surface area contributed by atoms with Crippen molar-refractivity contribution in [2.75, 3.05) is 48.1 Å². The zero-order chi connectivity index (χ0) is 55.3. The third-order valence-electron chi connectivity index (χ3n) is 16.4. The Balaban J connectivity index is 1.26. The predicted octanol–water partition coefficient (Wildman–Crippen LogP) is 3.58. The van der Waals surface area contributed by atoms with Gasteiger partial charge in [0.05, 0.1) is 65.3 Å². The number of likely N-dealkylation sites (N-methyl/N-ethyl adjacent to an activating group) is 2. The summed E-state index contributed by atoms with van der Waals surface area (Å²) in [5, 5.41) is 76.4. The van der Waals surface area contributed by atoms with Crippen molar-refractivity contribution in [1.29, 1.82) is 0 Å². The summed E-state index contributed by atoms with van der Waals surface area (Å²) in [5.41, 5.74) is -2.46. The maximum Gasteiger partial charge on any atom is 0.311 e. The van der Waals surface area contributed by atoms with Gasteiger partial charge in [-0.3, -0.25) is 4.79 Å². The van der Waals surface area contributed by atoms with Crippen LogP contribution in [0, 0.1) is 17.8 Å². The van der Waals surface area contributed by atoms with Crippen molar-refractivity contribution in [3.63, 3.8) is 0 Å². The SMILES string of the molecule is CC[C@H]1OC(=O)[C@H](C)[C@@H](O[C@H]2C[C@@](C)(OC)[C@@H](O)[C@H](C)O2)[C@H](C)[C@@H](O[C@@H]2O[C@H](C)C[C@H](N(C)CCc3cn(C(CF)[C@H](OC)c4ccc(-n5ccnn5)cc4)nn3)[C@H]2O)[C@](C)(O)C[C@@H](C)CN(C)[C@H](C)[C@@H](O)[C@]1(C)O. The van der Waals surface area contributed by atoms with Gasteiger partial charge in [0.25, 0.3) is 0 Å². The van der Waals surface area contributed by atoms with Crippen LogP contribution in [-0.2, 0) is 44.4 Å². The number of esters is 1. The van der Waals surface area contributed by atoms with Crippen LogP contribution in [0.15, 0.2) is 42.9 Å². The molecule has 75 heavy (non-hydrogen) atoms. The molecule has 0 bridgehead atoms. The van der Waals surface area contributed by atoms with E-state index >= 15 is 0 Å². The molecule has 424 valence electrons. The highest BCUT2D eigenvalue weighted by atomic mass is 19.1. The van der Waals surface area contributed by atoms with Crippen LogP contribution in [0.1, 0.15) is 118 Å². The number of aliphatic hydroxyl groups excluding tert-OH is 3. The average Bonchev–Trinajstić information content (AvgIpc) is 4.09. The molecule has 0 aliphatic carbocycles. The molecule has 21 nitrogen and oxygen atoms in total. The molecule has 3 aliphatic rings. The highest BCUT2D eigenvalue weighted by molar-refractivity contribution is 5.73. The number of hydrogen-bond acceptors (Lipinski definition) is 19. The summed E-state index contributed by atoms with van der Waals surface area (Å²) in [4.78, 5) is 18.4. The number of ether oxygens (including phenoxy) is 7. The van der Waals surface area contributed by atoms with E-state index in [9.17, 15) is 34.7 Å². The van der Waals surface area contributed by atoms with Gasteiger partial charge >= 0.3 is 5.97 Å². The van der Waals surface area contributed by atoms with E-state index in [1.165, 1.54) is 25.8 Å². The molecule has 5 N–H and O–H groups in total. The number of alkyl halides is 1. The van der Waals surface area contributed by atoms with Crippen LogP contribution in [0.3, 0.4) is 0 Å². The largest absolute Gasteiger partial charge is 0.459 e. The van der Waals surface area contributed by atoms with Gasteiger partial charge in [-0.1, -0.05) is 43.3 Å². The maximum absolute atomic E-state index is 14.9. The van der Waals surface area contributed by atoms with Gasteiger partial charge in [-0.2, -0.15) is 0 Å². The second-order valence-corrected chi connectivity index (χ2v) is 22.4. The highest BCUT2D eigenvalue weighted by Crippen LogP contribution is 2.41. The summed E-state index contributed by atoms with van der Waals surface area (Å²) in [6.45, 7) is 17.5. The molecule has 20 atom stereocenters. The van der Waals surface area contributed by atoms with Crippen molar-refractivity contribution in [3.8, 4) is 5.69 Å². The Kier molecular flexibility index (Phi) is 20.6. The molecular weight excluding hydrogens is 976 g/mol. The van der Waals surface area contributed by atoms with E-state index in [2.05, 4.69) is 20.6 Å². The van der Waals surface area contributed by atoms with Gasteiger partial charge in [0, 0.05) is 64.3 Å². The molecule has 5 heterocycles. The monoisotopic (exact) mass is 1060 g/mol. The Morgan fingerprint density at radius 2 is 1.65 bits per heavy atom. The molecule has 3 aliphatic heterocycles. The third kappa shape index (κ3) is 13.8. The van der Waals surface area contributed by atoms with E-state index in [4.69, 9.17) is 33.2 Å². The zero-order valence-corrected chi connectivity index (χ0v) is 46.5. The van der Waals surface area contributed by atoms with Crippen molar-refractivity contribution < 1.29 is 67.9 Å². The minimum Gasteiger partial charge on any atom is -0.459 e. The Morgan fingerprint density at radius 3 is 2.27 bits per heavy atom. The fraction of sp³-hybridized carbons (Fsp3) is 0.792. The molecule has 6 rings (SSSR count). The molecule has 0 radical (unpaired) electrons. The quantitative estimate of drug-likeness (QED) is 0.129. The summed E-state index contributed by atoms with van der Waals surface area (Å²) >= 11 is 0. The average molecular weight is 1060 g/mol. The first-order valence-corrected chi connectivity index (χ1v) is 26.5. The van der Waals surface area contributed by atoms with Crippen LogP contribution in [0.4, 0.5) is 4.39 Å². The van der Waals surface area contributed by atoms with Crippen molar-refractivity contribution in [2.45, 2.75) is 204 Å². The van der Waals surface area contributed by atoms with Gasteiger partial charge in [0.1, 0.15) is 48.8 Å². The Labute approximate surface area is 441 Å². The topological polar surface area (TPSA) is 251 Å². The lowest BCUT2D eigenvalue weighted by Gasteiger charge is -2.49. The van der Waals surface area contributed by atoms with E-state index < -0.39 is 127 Å². The first kappa shape index (κ1) is 60.6. The molecule has 22 heteroatoms. The molecule has 3 aromatic rings. The molecule has 2 aromatic heterocycles. The summed E-state index contributed by atoms with van der Waals surface area (Å²) in [7, 11) is 6.73. The van der Waals surface area contributed by atoms with Gasteiger partial charge in [0.2, 0.25) is 0 Å². The van der Waals surface area contributed by atoms with E-state index in [1.807, 2.05) is 62.0 Å². The van der Waals surface area contributed by atoms with Gasteiger partial charge in [-0.25, -0.2) is 13.8 Å². The summed E-state index contributed by atoms with van der Waals surface area (Å²) in [6, 6.07) is 5.52. The minimum absolute atomic E-state index is 0.0821. The Morgan fingerprint density at radius 1 is 0.960 bits per heavy atom. The molecular formula is C53H87FN8O13. The van der Waals surface area contributed by atoms with Gasteiger partial charge < -0.3 is 68.5 Å². The number of nitrogens with zero attached hydrogens (tertiary/aromatic N) is 8. The number of aliphatic hydroxyl groups is 5. The lowest BCUT2D eigenvalue weighted by Crippen LogP contribution is -2.61. The van der Waals surface area contributed by atoms with Crippen LogP contribution < -0.4 is 0 Å². The normalized spacial score (nSPS) is 38.9. The van der Waals surface area contributed by atoms with Crippen LogP contribution in [0.2, 0.25) is 0 Å². The lowest BCUT2D eigenvalue weighted by molar-refractivity contribution is -0.318. The van der Waals surface area contributed by atoms with Crippen molar-refractivity contribution >= 4 is 5.97 Å². The molecule has 3 fully saturated rings. The van der Waals surface area contributed by atoms with E-state index in [0.29, 0.717) is 31.6 Å². The number of halogens is 1. The fourth-order valence-electron chi connectivity index (χ4n) is 11.7. The maximum atomic E-state index is 14.9. The van der Waals surface area contributed by atoms with Crippen molar-refractivity contribution in [3.05, 3.63) is 54.1 Å². The standard InChI is InChI=1S/C53H87FN8O13/c1-15-41-53(10,68)46(64)34(6)60(12)28-30(2)25-51(8,67)48(32(4)44(33(5)49(66)73-41)74-42-26-52(9,70-14)47(65)35(7)72-42)75-50-43(63)39(24-31(3)71-50)59(11)22-20-37-29-62(58-56-37)40(27-54)45(69-13)36-16-18-38(19-17-36)61-23-21-55-57-61/h16-19,21,23,29-35,39-48,50,63-65,67-68H,15,20,22,24-28H2,1-14H3/t30-,31-,32+,33-,34-,35+,39+,40?,41-,42+,43-,44+,45-,46-,47+,48-,50+,51-,52-,53-/m1/s1. The number of cyclic esters (lactones) is 1. The summed E-state index contributed by atoms with van der Waals surface area (Å²) < 4.78 is 62.1. The summed E-state index contributed by atoms with van der Waals surface area (Å²) in [6.07, 6.45) is -4.75. The molecule has 0 amide bonds. The minimum atomic E-state index is -1.85. The Bertz CT molecular complexity index is 2230. The first-order valence-electron chi connectivity index (χ1n) is 26.5. The van der Waals surface area contributed by atoms with Crippen molar-refractivity contribution in [1.82, 2.24) is 39.8 Å². The van der Waals surface area contributed by atoms with Crippen LogP contribution in [0.5, 0.6) is 0 Å². The molecule has 0 saturated carbocycles. The fourth-order valence-corrected chi connectivity index (χ4v) is 11.7. The highest BCUT2D eigenvalue weighted by Gasteiger charge is 2.53. The number of benzene rings is 1.